The number of ether oxygens (including phenoxy) is 2. The molecule has 1 aromatic rings. The zero-order valence-electron chi connectivity index (χ0n) is 13.7. The number of benzene rings is 1. The van der Waals surface area contributed by atoms with Crippen LogP contribution in [0.1, 0.15) is 51.5 Å². The molecular formula is C18H26O4. The lowest BCUT2D eigenvalue weighted by atomic mass is 10.1. The fraction of sp³-hybridized carbons (Fsp3) is 0.500. The van der Waals surface area contributed by atoms with E-state index in [1.54, 1.807) is 13.2 Å². The molecule has 0 radical (unpaired) electrons. The van der Waals surface area contributed by atoms with Crippen LogP contribution in [-0.4, -0.2) is 24.8 Å². The summed E-state index contributed by atoms with van der Waals surface area (Å²) >= 11 is 0. The molecule has 0 saturated carbocycles. The van der Waals surface area contributed by atoms with Crippen LogP contribution in [0.3, 0.4) is 0 Å². The Morgan fingerprint density at radius 3 is 2.55 bits per heavy atom. The van der Waals surface area contributed by atoms with Crippen molar-refractivity contribution in [2.24, 2.45) is 0 Å². The Labute approximate surface area is 132 Å². The molecule has 0 unspecified atom stereocenters. The zero-order chi connectivity index (χ0) is 16.4. The maximum absolute atomic E-state index is 11.2. The van der Waals surface area contributed by atoms with Crippen molar-refractivity contribution < 1.29 is 19.4 Å². The Kier molecular flexibility index (Phi) is 8.11. The largest absolute Gasteiger partial charge is 0.493 e. The Hall–Kier alpha value is -1.97. The van der Waals surface area contributed by atoms with Crippen molar-refractivity contribution in [1.82, 2.24) is 0 Å². The molecule has 0 aromatic heterocycles. The van der Waals surface area contributed by atoms with Gasteiger partial charge in [0.25, 0.3) is 0 Å². The van der Waals surface area contributed by atoms with Crippen LogP contribution in [0, 0.1) is 0 Å². The van der Waals surface area contributed by atoms with E-state index in [1.165, 1.54) is 0 Å². The van der Waals surface area contributed by atoms with Crippen LogP contribution in [0.4, 0.5) is 0 Å². The Bertz CT molecular complexity index is 506. The van der Waals surface area contributed by atoms with Crippen LogP contribution in [0.2, 0.25) is 0 Å². The molecule has 0 bridgehead atoms. The number of rotatable bonds is 10. The molecule has 1 N–H and O–H groups in total. The summed E-state index contributed by atoms with van der Waals surface area (Å²) in [6, 6.07) is 5.51. The molecule has 0 aliphatic carbocycles. The van der Waals surface area contributed by atoms with Crippen molar-refractivity contribution >= 4 is 12.0 Å². The Morgan fingerprint density at radius 1 is 1.18 bits per heavy atom. The summed E-state index contributed by atoms with van der Waals surface area (Å²) in [6.07, 6.45) is 6.35. The molecule has 4 heteroatoms. The second kappa shape index (κ2) is 9.87. The molecule has 0 saturated heterocycles. The lowest BCUT2D eigenvalue weighted by Gasteiger charge is -2.11. The van der Waals surface area contributed by atoms with Gasteiger partial charge in [0.2, 0.25) is 0 Å². The SMILES string of the molecule is CCCCCOc1ccc(/C=C(\CCC)C(=O)O)cc1OC. The topological polar surface area (TPSA) is 55.8 Å². The monoisotopic (exact) mass is 306 g/mol. The van der Waals surface area contributed by atoms with E-state index < -0.39 is 5.97 Å². The molecule has 0 atom stereocenters. The summed E-state index contributed by atoms with van der Waals surface area (Å²) in [5, 5.41) is 9.19. The zero-order valence-corrected chi connectivity index (χ0v) is 13.7. The van der Waals surface area contributed by atoms with Crippen molar-refractivity contribution in [2.45, 2.75) is 46.0 Å². The lowest BCUT2D eigenvalue weighted by Crippen LogP contribution is -2.01. The summed E-state index contributed by atoms with van der Waals surface area (Å²) in [4.78, 5) is 11.2. The second-order valence-electron chi connectivity index (χ2n) is 5.19. The van der Waals surface area contributed by atoms with Gasteiger partial charge in [0.1, 0.15) is 0 Å². The molecule has 0 heterocycles. The number of hydrogen-bond donors (Lipinski definition) is 1. The van der Waals surface area contributed by atoms with Crippen LogP contribution in [0.5, 0.6) is 11.5 Å². The van der Waals surface area contributed by atoms with Crippen LogP contribution in [-0.2, 0) is 4.79 Å². The number of methoxy groups -OCH3 is 1. The Morgan fingerprint density at radius 2 is 1.95 bits per heavy atom. The van der Waals surface area contributed by atoms with Gasteiger partial charge in [-0.25, -0.2) is 4.79 Å². The maximum atomic E-state index is 11.2. The average molecular weight is 306 g/mol. The highest BCUT2D eigenvalue weighted by atomic mass is 16.5. The molecule has 0 spiro atoms. The summed E-state index contributed by atoms with van der Waals surface area (Å²) in [5.41, 5.74) is 1.21. The summed E-state index contributed by atoms with van der Waals surface area (Å²) in [5.74, 6) is 0.454. The smallest absolute Gasteiger partial charge is 0.331 e. The highest BCUT2D eigenvalue weighted by Crippen LogP contribution is 2.29. The molecule has 0 aliphatic heterocycles. The summed E-state index contributed by atoms with van der Waals surface area (Å²) in [6.45, 7) is 4.78. The van der Waals surface area contributed by atoms with Gasteiger partial charge in [0.05, 0.1) is 13.7 Å². The van der Waals surface area contributed by atoms with E-state index in [0.29, 0.717) is 30.1 Å². The van der Waals surface area contributed by atoms with Gasteiger partial charge in [-0.2, -0.15) is 0 Å². The molecule has 0 amide bonds. The molecule has 0 fully saturated rings. The van der Waals surface area contributed by atoms with Crippen molar-refractivity contribution in [3.8, 4) is 11.5 Å². The first-order valence-electron chi connectivity index (χ1n) is 7.87. The van der Waals surface area contributed by atoms with E-state index in [0.717, 1.165) is 31.2 Å². The molecular weight excluding hydrogens is 280 g/mol. The van der Waals surface area contributed by atoms with Crippen molar-refractivity contribution in [2.75, 3.05) is 13.7 Å². The quantitative estimate of drug-likeness (QED) is 0.509. The molecule has 1 aromatic carbocycles. The third kappa shape index (κ3) is 5.80. The first-order chi connectivity index (χ1) is 10.6. The van der Waals surface area contributed by atoms with Gasteiger partial charge in [-0.05, 0) is 36.6 Å². The second-order valence-corrected chi connectivity index (χ2v) is 5.19. The Balaban J connectivity index is 2.87. The first kappa shape index (κ1) is 18.1. The van der Waals surface area contributed by atoms with Gasteiger partial charge in [0.15, 0.2) is 11.5 Å². The van der Waals surface area contributed by atoms with Gasteiger partial charge < -0.3 is 14.6 Å². The van der Waals surface area contributed by atoms with Gasteiger partial charge in [0, 0.05) is 5.57 Å². The van der Waals surface area contributed by atoms with E-state index in [2.05, 4.69) is 6.92 Å². The number of carbonyl (C=O) groups is 1. The number of carboxylic acids is 1. The molecule has 4 nitrogen and oxygen atoms in total. The minimum Gasteiger partial charge on any atom is -0.493 e. The lowest BCUT2D eigenvalue weighted by molar-refractivity contribution is -0.132. The molecule has 0 aliphatic rings. The predicted molar refractivity (Wildman–Crippen MR) is 88.5 cm³/mol. The van der Waals surface area contributed by atoms with Crippen molar-refractivity contribution in [1.29, 1.82) is 0 Å². The van der Waals surface area contributed by atoms with Crippen LogP contribution in [0.15, 0.2) is 23.8 Å². The van der Waals surface area contributed by atoms with E-state index in [1.807, 2.05) is 25.1 Å². The normalized spacial score (nSPS) is 11.3. The minimum absolute atomic E-state index is 0.404. The minimum atomic E-state index is -0.874. The number of carboxylic acid groups (broad SMARTS) is 1. The molecule has 22 heavy (non-hydrogen) atoms. The van der Waals surface area contributed by atoms with Crippen LogP contribution >= 0.6 is 0 Å². The van der Waals surface area contributed by atoms with Crippen LogP contribution < -0.4 is 9.47 Å². The van der Waals surface area contributed by atoms with Gasteiger partial charge in [-0.1, -0.05) is 39.2 Å². The van der Waals surface area contributed by atoms with Crippen LogP contribution in [0.25, 0.3) is 6.08 Å². The number of unbranched alkanes of at least 4 members (excludes halogenated alkanes) is 2. The molecule has 122 valence electrons. The van der Waals surface area contributed by atoms with E-state index in [-0.39, 0.29) is 0 Å². The van der Waals surface area contributed by atoms with Gasteiger partial charge in [-0.3, -0.25) is 0 Å². The third-order valence-corrected chi connectivity index (χ3v) is 3.33. The fourth-order valence-electron chi connectivity index (χ4n) is 2.14. The average Bonchev–Trinajstić information content (AvgIpc) is 2.51. The first-order valence-corrected chi connectivity index (χ1v) is 7.87. The fourth-order valence-corrected chi connectivity index (χ4v) is 2.14. The van der Waals surface area contributed by atoms with E-state index in [4.69, 9.17) is 9.47 Å². The third-order valence-electron chi connectivity index (χ3n) is 3.33. The highest BCUT2D eigenvalue weighted by molar-refractivity contribution is 5.92. The maximum Gasteiger partial charge on any atom is 0.331 e. The van der Waals surface area contributed by atoms with E-state index >= 15 is 0 Å². The van der Waals surface area contributed by atoms with Crippen molar-refractivity contribution in [3.05, 3.63) is 29.3 Å². The predicted octanol–water partition coefficient (Wildman–Crippen LogP) is 4.53. The standard InChI is InChI=1S/C18H26O4/c1-4-6-7-11-22-16-10-9-14(13-17(16)21-3)12-15(8-5-2)18(19)20/h9-10,12-13H,4-8,11H2,1-3H3,(H,19,20)/b15-12+. The van der Waals surface area contributed by atoms with Crippen molar-refractivity contribution in [3.63, 3.8) is 0 Å². The number of aliphatic carboxylic acids is 1. The van der Waals surface area contributed by atoms with Gasteiger partial charge >= 0.3 is 5.97 Å². The highest BCUT2D eigenvalue weighted by Gasteiger charge is 2.09. The molecule has 1 rings (SSSR count). The number of hydrogen-bond acceptors (Lipinski definition) is 3. The van der Waals surface area contributed by atoms with Gasteiger partial charge in [-0.15, -0.1) is 0 Å². The summed E-state index contributed by atoms with van der Waals surface area (Å²) in [7, 11) is 1.59. The summed E-state index contributed by atoms with van der Waals surface area (Å²) < 4.78 is 11.1. The van der Waals surface area contributed by atoms with E-state index in [9.17, 15) is 9.90 Å².